The zero-order valence-corrected chi connectivity index (χ0v) is 26.0. The fourth-order valence-corrected chi connectivity index (χ4v) is 4.06. The smallest absolute Gasteiger partial charge is 0.379 e. The van der Waals surface area contributed by atoms with Crippen molar-refractivity contribution < 1.29 is 17.9 Å². The van der Waals surface area contributed by atoms with E-state index in [4.69, 9.17) is 4.74 Å². The van der Waals surface area contributed by atoms with Gasteiger partial charge in [-0.15, -0.1) is 0 Å². The van der Waals surface area contributed by atoms with Gasteiger partial charge in [-0.3, -0.25) is 9.89 Å². The minimum Gasteiger partial charge on any atom is -0.379 e. The van der Waals surface area contributed by atoms with Crippen LogP contribution in [0.5, 0.6) is 0 Å². The fraction of sp³-hybridized carbons (Fsp3) is 0.719. The van der Waals surface area contributed by atoms with Crippen LogP contribution in [-0.2, 0) is 10.9 Å². The molecule has 1 aliphatic rings. The molecule has 1 fully saturated rings. The van der Waals surface area contributed by atoms with E-state index in [9.17, 15) is 13.2 Å². The highest BCUT2D eigenvalue weighted by Crippen LogP contribution is 2.28. The van der Waals surface area contributed by atoms with E-state index >= 15 is 0 Å². The van der Waals surface area contributed by atoms with Crippen molar-refractivity contribution in [2.75, 3.05) is 53.0 Å². The van der Waals surface area contributed by atoms with Crippen molar-refractivity contribution in [2.24, 2.45) is 10.9 Å². The molecule has 1 aliphatic heterocycles. The number of nitrogens with zero attached hydrogens (tertiary/aromatic N) is 3. The van der Waals surface area contributed by atoms with Gasteiger partial charge in [-0.2, -0.15) is 13.2 Å². The number of alkyl halides is 3. The first-order chi connectivity index (χ1) is 18.5. The van der Waals surface area contributed by atoms with E-state index in [2.05, 4.69) is 62.4 Å². The number of aryl methyl sites for hydroxylation is 1. The highest BCUT2D eigenvalue weighted by atomic mass is 19.4. The van der Waals surface area contributed by atoms with Gasteiger partial charge in [-0.05, 0) is 70.2 Å². The lowest BCUT2D eigenvalue weighted by Gasteiger charge is -2.25. The molecule has 0 saturated carbocycles. The summed E-state index contributed by atoms with van der Waals surface area (Å²) in [4.78, 5) is 9.40. The van der Waals surface area contributed by atoms with E-state index in [0.717, 1.165) is 68.8 Å². The van der Waals surface area contributed by atoms with E-state index in [1.807, 2.05) is 7.05 Å². The molecular weight excluding hydrogens is 499 g/mol. The molecule has 1 aromatic rings. The second kappa shape index (κ2) is 21.9. The van der Waals surface area contributed by atoms with Crippen molar-refractivity contribution >= 4 is 5.84 Å². The van der Waals surface area contributed by atoms with Crippen LogP contribution in [0.1, 0.15) is 91.2 Å². The first-order valence-corrected chi connectivity index (χ1v) is 14.8. The van der Waals surface area contributed by atoms with Gasteiger partial charge in [0.1, 0.15) is 5.84 Å². The topological polar surface area (TPSA) is 28.1 Å². The quantitative estimate of drug-likeness (QED) is 0.202. The van der Waals surface area contributed by atoms with Gasteiger partial charge in [-0.1, -0.05) is 70.7 Å². The molecule has 0 aliphatic carbocycles. The van der Waals surface area contributed by atoms with Gasteiger partial charge in [-0.25, -0.2) is 0 Å². The van der Waals surface area contributed by atoms with Crippen LogP contribution < -0.4 is 0 Å². The van der Waals surface area contributed by atoms with Gasteiger partial charge in [0.05, 0.1) is 18.8 Å². The maximum absolute atomic E-state index is 11.9. The number of amidine groups is 1. The molecule has 0 aromatic heterocycles. The molecule has 1 unspecified atom stereocenters. The average molecular weight is 556 g/mol. The number of halogens is 3. The maximum Gasteiger partial charge on any atom is 0.416 e. The molecule has 1 saturated heterocycles. The molecule has 1 aromatic carbocycles. The first-order valence-electron chi connectivity index (χ1n) is 14.8. The first kappa shape index (κ1) is 37.1. The summed E-state index contributed by atoms with van der Waals surface area (Å²) in [7, 11) is 1.91. The summed E-state index contributed by atoms with van der Waals surface area (Å²) in [5, 5.41) is 0. The van der Waals surface area contributed by atoms with E-state index in [0.29, 0.717) is 0 Å². The number of ether oxygens (including phenoxy) is 1. The van der Waals surface area contributed by atoms with Crippen molar-refractivity contribution in [1.29, 1.82) is 0 Å². The molecule has 0 amide bonds. The Labute approximate surface area is 237 Å². The number of rotatable bonds is 11. The Balaban J connectivity index is 0.000000605. The molecule has 1 atom stereocenters. The molecular formula is C32H56F3N3O. The predicted octanol–water partition coefficient (Wildman–Crippen LogP) is 8.65. The van der Waals surface area contributed by atoms with E-state index < -0.39 is 11.7 Å². The van der Waals surface area contributed by atoms with Crippen LogP contribution in [0.25, 0.3) is 0 Å². The number of morpholine rings is 1. The molecule has 0 spiro atoms. The van der Waals surface area contributed by atoms with Crippen LogP contribution in [0.15, 0.2) is 40.9 Å². The van der Waals surface area contributed by atoms with Crippen molar-refractivity contribution in [1.82, 2.24) is 9.80 Å². The highest BCUT2D eigenvalue weighted by molar-refractivity contribution is 5.93. The van der Waals surface area contributed by atoms with E-state index in [1.54, 1.807) is 6.92 Å². The lowest BCUT2D eigenvalue weighted by atomic mass is 10.0. The normalized spacial score (nSPS) is 15.6. The van der Waals surface area contributed by atoms with Crippen LogP contribution in [0, 0.1) is 12.8 Å². The van der Waals surface area contributed by atoms with Crippen LogP contribution in [-0.4, -0.2) is 68.6 Å². The third-order valence-corrected chi connectivity index (χ3v) is 6.68. The molecule has 226 valence electrons. The molecule has 0 radical (unpaired) electrons. The van der Waals surface area contributed by atoms with Gasteiger partial charge < -0.3 is 9.64 Å². The Morgan fingerprint density at radius 2 is 1.64 bits per heavy atom. The number of aliphatic imine (C=N–C) groups is 1. The van der Waals surface area contributed by atoms with Crippen LogP contribution >= 0.6 is 0 Å². The largest absolute Gasteiger partial charge is 0.416 e. The van der Waals surface area contributed by atoms with Crippen molar-refractivity contribution in [3.8, 4) is 0 Å². The number of allylic oxidation sites excluding steroid dienone is 1. The maximum atomic E-state index is 11.9. The molecule has 0 bridgehead atoms. The predicted molar refractivity (Wildman–Crippen MR) is 162 cm³/mol. The summed E-state index contributed by atoms with van der Waals surface area (Å²) in [5.41, 5.74) is 1.67. The van der Waals surface area contributed by atoms with Crippen molar-refractivity contribution in [2.45, 2.75) is 93.2 Å². The van der Waals surface area contributed by atoms with Gasteiger partial charge >= 0.3 is 6.18 Å². The van der Waals surface area contributed by atoms with E-state index in [1.165, 1.54) is 62.8 Å². The lowest BCUT2D eigenvalue weighted by Crippen LogP contribution is -2.36. The standard InChI is InChI=1S/C17H34N2.C8H7F3.C7H15NO/c1-7-10-16(5)14-17(18-6)19(12-8-2)13-11-15(4)9-3;1-6-2-4-7(5-3-6)8(9,10)11;1-2-3-8-4-6-9-7-5-8/h14-15H,7-13H2,1-6H3;2-5H,1H3;2-7H2,1H3/b16-14-,18-17?;;. The highest BCUT2D eigenvalue weighted by Gasteiger charge is 2.29. The zero-order valence-electron chi connectivity index (χ0n) is 26.0. The number of benzene rings is 1. The monoisotopic (exact) mass is 555 g/mol. The summed E-state index contributed by atoms with van der Waals surface area (Å²) in [6, 6.07) is 5.05. The Hall–Kier alpha value is -1.86. The van der Waals surface area contributed by atoms with Crippen molar-refractivity contribution in [3.05, 3.63) is 47.0 Å². The summed E-state index contributed by atoms with van der Waals surface area (Å²) < 4.78 is 41.0. The van der Waals surface area contributed by atoms with Gasteiger partial charge in [0.2, 0.25) is 0 Å². The minimum atomic E-state index is -4.21. The molecule has 7 heteroatoms. The molecule has 0 N–H and O–H groups in total. The third kappa shape index (κ3) is 18.2. The second-order valence-electron chi connectivity index (χ2n) is 10.4. The molecule has 4 nitrogen and oxygen atoms in total. The minimum absolute atomic E-state index is 0.594. The summed E-state index contributed by atoms with van der Waals surface area (Å²) in [6.07, 6.45) is 5.41. The van der Waals surface area contributed by atoms with Crippen LogP contribution in [0.2, 0.25) is 0 Å². The van der Waals surface area contributed by atoms with E-state index in [-0.39, 0.29) is 0 Å². The number of hydrogen-bond acceptors (Lipinski definition) is 3. The van der Waals surface area contributed by atoms with Crippen LogP contribution in [0.4, 0.5) is 13.2 Å². The van der Waals surface area contributed by atoms with Crippen molar-refractivity contribution in [3.63, 3.8) is 0 Å². The molecule has 2 rings (SSSR count). The Morgan fingerprint density at radius 1 is 1.03 bits per heavy atom. The Morgan fingerprint density at radius 3 is 2.10 bits per heavy atom. The molecule has 39 heavy (non-hydrogen) atoms. The Kier molecular flexibility index (Phi) is 20.9. The van der Waals surface area contributed by atoms with Crippen LogP contribution in [0.3, 0.4) is 0 Å². The molecule has 1 heterocycles. The van der Waals surface area contributed by atoms with Gasteiger partial charge in [0.15, 0.2) is 0 Å². The zero-order chi connectivity index (χ0) is 29.7. The second-order valence-corrected chi connectivity index (χ2v) is 10.4. The number of hydrogen-bond donors (Lipinski definition) is 0. The average Bonchev–Trinajstić information content (AvgIpc) is 2.91. The SMILES string of the molecule is CCC/C(C)=C\C(=NC)N(CCC)CCC(C)CC.CCCN1CCOCC1.Cc1ccc(C(F)(F)F)cc1. The summed E-state index contributed by atoms with van der Waals surface area (Å²) in [5.74, 6) is 1.97. The third-order valence-electron chi connectivity index (χ3n) is 6.68. The summed E-state index contributed by atoms with van der Waals surface area (Å²) in [6.45, 7) is 22.9. The summed E-state index contributed by atoms with van der Waals surface area (Å²) >= 11 is 0. The fourth-order valence-electron chi connectivity index (χ4n) is 4.06. The van der Waals surface area contributed by atoms with Gasteiger partial charge in [0.25, 0.3) is 0 Å². The Bertz CT molecular complexity index is 782. The lowest BCUT2D eigenvalue weighted by molar-refractivity contribution is -0.137. The van der Waals surface area contributed by atoms with Gasteiger partial charge in [0, 0.05) is 33.2 Å².